The summed E-state index contributed by atoms with van der Waals surface area (Å²) < 4.78 is 6.15. The second-order valence-electron chi connectivity index (χ2n) is 6.21. The SMILES string of the molecule is CC(OC(=O)c1cccc(Br)c1)C(=O)N1CCN(c2ccccc2)CC1. The van der Waals surface area contributed by atoms with Gasteiger partial charge in [0.2, 0.25) is 0 Å². The molecule has 1 fully saturated rings. The zero-order valence-corrected chi connectivity index (χ0v) is 16.2. The summed E-state index contributed by atoms with van der Waals surface area (Å²) in [5, 5.41) is 0. The van der Waals surface area contributed by atoms with E-state index in [0.29, 0.717) is 18.7 Å². The van der Waals surface area contributed by atoms with Crippen molar-refractivity contribution in [1.29, 1.82) is 0 Å². The number of nitrogens with zero attached hydrogens (tertiary/aromatic N) is 2. The second-order valence-corrected chi connectivity index (χ2v) is 7.12. The topological polar surface area (TPSA) is 49.9 Å². The van der Waals surface area contributed by atoms with Crippen LogP contribution in [0.15, 0.2) is 59.1 Å². The number of halogens is 1. The van der Waals surface area contributed by atoms with E-state index in [2.05, 4.69) is 33.0 Å². The van der Waals surface area contributed by atoms with Crippen molar-refractivity contribution in [2.24, 2.45) is 0 Å². The summed E-state index contributed by atoms with van der Waals surface area (Å²) >= 11 is 3.33. The van der Waals surface area contributed by atoms with Gasteiger partial charge in [0.25, 0.3) is 5.91 Å². The van der Waals surface area contributed by atoms with Gasteiger partial charge in [-0.25, -0.2) is 4.79 Å². The quantitative estimate of drug-likeness (QED) is 0.717. The molecule has 2 aromatic carbocycles. The first-order valence-corrected chi connectivity index (χ1v) is 9.39. The Morgan fingerprint density at radius 2 is 1.69 bits per heavy atom. The molecule has 0 saturated carbocycles. The molecule has 1 aliphatic rings. The van der Waals surface area contributed by atoms with E-state index in [-0.39, 0.29) is 5.91 Å². The van der Waals surface area contributed by atoms with Gasteiger partial charge in [0, 0.05) is 36.3 Å². The molecule has 0 aliphatic carbocycles. The van der Waals surface area contributed by atoms with Gasteiger partial charge in [-0.3, -0.25) is 4.79 Å². The fourth-order valence-corrected chi connectivity index (χ4v) is 3.37. The minimum Gasteiger partial charge on any atom is -0.449 e. The van der Waals surface area contributed by atoms with Gasteiger partial charge in [-0.2, -0.15) is 0 Å². The number of amides is 1. The minimum atomic E-state index is -0.801. The average molecular weight is 417 g/mol. The van der Waals surface area contributed by atoms with E-state index in [9.17, 15) is 9.59 Å². The number of para-hydroxylation sites is 1. The second kappa shape index (κ2) is 8.36. The summed E-state index contributed by atoms with van der Waals surface area (Å²) in [7, 11) is 0. The molecule has 1 saturated heterocycles. The van der Waals surface area contributed by atoms with Crippen molar-refractivity contribution >= 4 is 33.5 Å². The predicted molar refractivity (Wildman–Crippen MR) is 104 cm³/mol. The van der Waals surface area contributed by atoms with E-state index >= 15 is 0 Å². The monoisotopic (exact) mass is 416 g/mol. The lowest BCUT2D eigenvalue weighted by atomic mass is 10.2. The zero-order chi connectivity index (χ0) is 18.5. The van der Waals surface area contributed by atoms with Crippen molar-refractivity contribution in [3.63, 3.8) is 0 Å². The molecular formula is C20H21BrN2O3. The third-order valence-corrected chi connectivity index (χ3v) is 4.90. The highest BCUT2D eigenvalue weighted by Crippen LogP contribution is 2.17. The number of hydrogen-bond donors (Lipinski definition) is 0. The highest BCUT2D eigenvalue weighted by molar-refractivity contribution is 9.10. The van der Waals surface area contributed by atoms with Gasteiger partial charge < -0.3 is 14.5 Å². The summed E-state index contributed by atoms with van der Waals surface area (Å²) in [5.41, 5.74) is 1.58. The molecule has 1 aliphatic heterocycles. The number of esters is 1. The van der Waals surface area contributed by atoms with Gasteiger partial charge in [-0.05, 0) is 37.3 Å². The van der Waals surface area contributed by atoms with E-state index in [0.717, 1.165) is 23.2 Å². The van der Waals surface area contributed by atoms with Crippen molar-refractivity contribution in [2.75, 3.05) is 31.1 Å². The van der Waals surface area contributed by atoms with Crippen LogP contribution in [0.3, 0.4) is 0 Å². The fourth-order valence-electron chi connectivity index (χ4n) is 2.98. The van der Waals surface area contributed by atoms with Crippen LogP contribution in [0.2, 0.25) is 0 Å². The maximum absolute atomic E-state index is 12.6. The average Bonchev–Trinajstić information content (AvgIpc) is 2.68. The zero-order valence-electron chi connectivity index (χ0n) is 14.6. The third kappa shape index (κ3) is 4.43. The highest BCUT2D eigenvalue weighted by atomic mass is 79.9. The number of piperazine rings is 1. The lowest BCUT2D eigenvalue weighted by Gasteiger charge is -2.37. The standard InChI is InChI=1S/C20H21BrN2O3/c1-15(26-20(25)16-6-5-7-17(21)14-16)19(24)23-12-10-22(11-13-23)18-8-3-2-4-9-18/h2-9,14-15H,10-13H2,1H3. The number of rotatable bonds is 4. The fraction of sp³-hybridized carbons (Fsp3) is 0.300. The van der Waals surface area contributed by atoms with E-state index < -0.39 is 12.1 Å². The molecule has 1 amide bonds. The Labute approximate surface area is 161 Å². The molecule has 2 aromatic rings. The number of carbonyl (C=O) groups is 2. The van der Waals surface area contributed by atoms with Gasteiger partial charge in [-0.15, -0.1) is 0 Å². The van der Waals surface area contributed by atoms with Crippen LogP contribution in [0, 0.1) is 0 Å². The molecule has 6 heteroatoms. The number of ether oxygens (including phenoxy) is 1. The Morgan fingerprint density at radius 1 is 1.00 bits per heavy atom. The number of anilines is 1. The molecule has 1 atom stereocenters. The van der Waals surface area contributed by atoms with Crippen molar-refractivity contribution in [3.8, 4) is 0 Å². The first-order chi connectivity index (χ1) is 12.5. The Bertz CT molecular complexity index is 774. The van der Waals surface area contributed by atoms with Crippen LogP contribution in [0.25, 0.3) is 0 Å². The van der Waals surface area contributed by atoms with Gasteiger partial charge in [0.15, 0.2) is 6.10 Å². The summed E-state index contributed by atoms with van der Waals surface area (Å²) in [6, 6.07) is 17.1. The van der Waals surface area contributed by atoms with Gasteiger partial charge in [-0.1, -0.05) is 40.2 Å². The van der Waals surface area contributed by atoms with Gasteiger partial charge in [0.05, 0.1) is 5.56 Å². The van der Waals surface area contributed by atoms with E-state index in [1.807, 2.05) is 24.3 Å². The van der Waals surface area contributed by atoms with E-state index in [4.69, 9.17) is 4.74 Å². The third-order valence-electron chi connectivity index (χ3n) is 4.40. The first-order valence-electron chi connectivity index (χ1n) is 8.60. The molecule has 136 valence electrons. The smallest absolute Gasteiger partial charge is 0.338 e. The Balaban J connectivity index is 1.54. The van der Waals surface area contributed by atoms with E-state index in [1.165, 1.54) is 0 Å². The molecule has 0 bridgehead atoms. The lowest BCUT2D eigenvalue weighted by Crippen LogP contribution is -2.51. The van der Waals surface area contributed by atoms with Crippen LogP contribution in [-0.4, -0.2) is 49.1 Å². The van der Waals surface area contributed by atoms with E-state index in [1.54, 1.807) is 30.0 Å². The number of carbonyl (C=O) groups excluding carboxylic acids is 2. The van der Waals surface area contributed by atoms with Crippen LogP contribution in [0.4, 0.5) is 5.69 Å². The van der Waals surface area contributed by atoms with Gasteiger partial charge >= 0.3 is 5.97 Å². The summed E-state index contributed by atoms with van der Waals surface area (Å²) in [4.78, 5) is 28.8. The molecule has 0 spiro atoms. The molecule has 0 N–H and O–H groups in total. The molecule has 3 rings (SSSR count). The number of benzene rings is 2. The van der Waals surface area contributed by atoms with Crippen molar-refractivity contribution < 1.29 is 14.3 Å². The largest absolute Gasteiger partial charge is 0.449 e. The van der Waals surface area contributed by atoms with Crippen LogP contribution in [0.1, 0.15) is 17.3 Å². The molecule has 26 heavy (non-hydrogen) atoms. The van der Waals surface area contributed by atoms with Crippen molar-refractivity contribution in [2.45, 2.75) is 13.0 Å². The normalized spacial score (nSPS) is 15.5. The lowest BCUT2D eigenvalue weighted by molar-refractivity contribution is -0.140. The molecule has 0 aromatic heterocycles. The summed E-state index contributed by atoms with van der Waals surface area (Å²) in [6.45, 7) is 4.39. The van der Waals surface area contributed by atoms with Crippen LogP contribution >= 0.6 is 15.9 Å². The maximum atomic E-state index is 12.6. The Morgan fingerprint density at radius 3 is 2.35 bits per heavy atom. The van der Waals surface area contributed by atoms with Crippen molar-refractivity contribution in [3.05, 3.63) is 64.6 Å². The predicted octanol–water partition coefficient (Wildman–Crippen LogP) is 3.34. The summed E-state index contributed by atoms with van der Waals surface area (Å²) in [5.74, 6) is -0.642. The van der Waals surface area contributed by atoms with Crippen molar-refractivity contribution in [1.82, 2.24) is 4.90 Å². The molecular weight excluding hydrogens is 396 g/mol. The Kier molecular flexibility index (Phi) is 5.93. The molecule has 0 radical (unpaired) electrons. The minimum absolute atomic E-state index is 0.152. The summed E-state index contributed by atoms with van der Waals surface area (Å²) in [6.07, 6.45) is -0.801. The van der Waals surface area contributed by atoms with Crippen LogP contribution in [-0.2, 0) is 9.53 Å². The molecule has 1 unspecified atom stereocenters. The van der Waals surface area contributed by atoms with Gasteiger partial charge in [0.1, 0.15) is 0 Å². The molecule has 1 heterocycles. The Hall–Kier alpha value is -2.34. The first kappa shape index (κ1) is 18.5. The maximum Gasteiger partial charge on any atom is 0.338 e. The van der Waals surface area contributed by atoms with Crippen LogP contribution in [0.5, 0.6) is 0 Å². The highest BCUT2D eigenvalue weighted by Gasteiger charge is 2.27. The molecule has 5 nitrogen and oxygen atoms in total. The number of hydrogen-bond acceptors (Lipinski definition) is 4. The van der Waals surface area contributed by atoms with Crippen LogP contribution < -0.4 is 4.90 Å².